The highest BCUT2D eigenvalue weighted by Crippen LogP contribution is 2.27. The van der Waals surface area contributed by atoms with Crippen LogP contribution in [0, 0.1) is 0 Å². The lowest BCUT2D eigenvalue weighted by atomic mass is 10.2. The molecule has 2 N–H and O–H groups in total. The summed E-state index contributed by atoms with van der Waals surface area (Å²) < 4.78 is 6.34. The van der Waals surface area contributed by atoms with Gasteiger partial charge < -0.3 is 15.4 Å². The Morgan fingerprint density at radius 3 is 3.00 bits per heavy atom. The molecule has 20 heavy (non-hydrogen) atoms. The fourth-order valence-corrected chi connectivity index (χ4v) is 2.72. The number of hydrogen-bond donors (Lipinski definition) is 2. The molecule has 1 aromatic rings. The molecule has 4 nitrogen and oxygen atoms in total. The second kappa shape index (κ2) is 8.72. The molecule has 0 bridgehead atoms. The highest BCUT2D eigenvalue weighted by Gasteiger charge is 2.16. The largest absolute Gasteiger partial charge is 0.492 e. The molecule has 1 heterocycles. The zero-order valence-corrected chi connectivity index (χ0v) is 14.0. The van der Waals surface area contributed by atoms with E-state index in [1.54, 1.807) is 18.2 Å². The number of carbonyl (C=O) groups is 1. The average Bonchev–Trinajstić information content (AvgIpc) is 2.84. The first kappa shape index (κ1) is 17.6. The second-order valence-electron chi connectivity index (χ2n) is 4.43. The van der Waals surface area contributed by atoms with Crippen molar-refractivity contribution in [2.75, 3.05) is 19.7 Å². The Morgan fingerprint density at radius 1 is 1.55 bits per heavy atom. The minimum atomic E-state index is 0. The first-order valence-corrected chi connectivity index (χ1v) is 7.40. The summed E-state index contributed by atoms with van der Waals surface area (Å²) in [7, 11) is 0. The van der Waals surface area contributed by atoms with Gasteiger partial charge >= 0.3 is 0 Å². The van der Waals surface area contributed by atoms with Crippen molar-refractivity contribution in [1.82, 2.24) is 10.6 Å². The summed E-state index contributed by atoms with van der Waals surface area (Å²) in [6.07, 6.45) is 1.35. The zero-order chi connectivity index (χ0) is 13.7. The number of amides is 1. The van der Waals surface area contributed by atoms with Crippen LogP contribution < -0.4 is 15.4 Å². The Bertz CT molecular complexity index is 454. The van der Waals surface area contributed by atoms with Gasteiger partial charge in [0.05, 0.1) is 17.5 Å². The van der Waals surface area contributed by atoms with Gasteiger partial charge in [-0.05, 0) is 47.1 Å². The summed E-state index contributed by atoms with van der Waals surface area (Å²) in [5.74, 6) is 0.721. The molecule has 1 amide bonds. The van der Waals surface area contributed by atoms with Crippen LogP contribution in [0.1, 0.15) is 12.8 Å². The molecule has 1 fully saturated rings. The van der Waals surface area contributed by atoms with Crippen molar-refractivity contribution in [3.63, 3.8) is 0 Å². The van der Waals surface area contributed by atoms with Gasteiger partial charge in [0.1, 0.15) is 5.75 Å². The van der Waals surface area contributed by atoms with Crippen LogP contribution in [0.5, 0.6) is 5.75 Å². The highest BCUT2D eigenvalue weighted by atomic mass is 79.9. The van der Waals surface area contributed by atoms with Gasteiger partial charge in [0.25, 0.3) is 0 Å². The predicted molar refractivity (Wildman–Crippen MR) is 85.9 cm³/mol. The molecule has 1 unspecified atom stereocenters. The summed E-state index contributed by atoms with van der Waals surface area (Å²) in [5.41, 5.74) is 0. The fraction of sp³-hybridized carbons (Fsp3) is 0.462. The van der Waals surface area contributed by atoms with Gasteiger partial charge in [-0.25, -0.2) is 0 Å². The van der Waals surface area contributed by atoms with E-state index in [0.29, 0.717) is 23.8 Å². The molecule has 0 spiro atoms. The van der Waals surface area contributed by atoms with Crippen molar-refractivity contribution in [3.05, 3.63) is 27.7 Å². The Hall–Kier alpha value is -0.490. The number of rotatable bonds is 5. The molecule has 7 heteroatoms. The zero-order valence-electron chi connectivity index (χ0n) is 10.8. The molecular weight excluding hydrogens is 367 g/mol. The van der Waals surface area contributed by atoms with Gasteiger partial charge in [-0.3, -0.25) is 4.79 Å². The highest BCUT2D eigenvalue weighted by molar-refractivity contribution is 9.10. The lowest BCUT2D eigenvalue weighted by Crippen LogP contribution is -2.36. The molecule has 1 saturated heterocycles. The van der Waals surface area contributed by atoms with E-state index < -0.39 is 0 Å². The number of carbonyl (C=O) groups excluding carboxylic acids is 1. The molecule has 1 aromatic carbocycles. The number of hydrogen-bond acceptors (Lipinski definition) is 3. The van der Waals surface area contributed by atoms with Crippen LogP contribution in [0.15, 0.2) is 22.7 Å². The Kier molecular flexibility index (Phi) is 7.66. The second-order valence-corrected chi connectivity index (χ2v) is 5.72. The molecule has 0 radical (unpaired) electrons. The van der Waals surface area contributed by atoms with E-state index in [0.717, 1.165) is 24.0 Å². The summed E-state index contributed by atoms with van der Waals surface area (Å²) >= 11 is 9.21. The van der Waals surface area contributed by atoms with Crippen molar-refractivity contribution in [2.45, 2.75) is 18.9 Å². The monoisotopic (exact) mass is 382 g/mol. The molecule has 0 aliphatic carbocycles. The van der Waals surface area contributed by atoms with Crippen molar-refractivity contribution in [1.29, 1.82) is 0 Å². The number of halogens is 3. The van der Waals surface area contributed by atoms with E-state index in [2.05, 4.69) is 26.6 Å². The Balaban J connectivity index is 0.00000200. The summed E-state index contributed by atoms with van der Waals surface area (Å²) in [5, 5.41) is 6.83. The normalized spacial score (nSPS) is 17.4. The van der Waals surface area contributed by atoms with Crippen molar-refractivity contribution < 1.29 is 9.53 Å². The SMILES string of the molecule is Cl.O=C(CCOc1ccc(Cl)cc1Br)NC1CCNC1. The quantitative estimate of drug-likeness (QED) is 0.821. The summed E-state index contributed by atoms with van der Waals surface area (Å²) in [6.45, 7) is 2.18. The minimum absolute atomic E-state index is 0. The predicted octanol–water partition coefficient (Wildman–Crippen LogP) is 2.77. The van der Waals surface area contributed by atoms with Gasteiger partial charge in [-0.1, -0.05) is 11.6 Å². The van der Waals surface area contributed by atoms with E-state index >= 15 is 0 Å². The smallest absolute Gasteiger partial charge is 0.223 e. The maximum absolute atomic E-state index is 11.7. The minimum Gasteiger partial charge on any atom is -0.492 e. The first-order chi connectivity index (χ1) is 9.15. The fourth-order valence-electron chi connectivity index (χ4n) is 1.92. The third-order valence-corrected chi connectivity index (χ3v) is 3.76. The standard InChI is InChI=1S/C13H16BrClN2O2.ClH/c14-11-7-9(15)1-2-12(11)19-6-4-13(18)17-10-3-5-16-8-10;/h1-2,7,10,16H,3-6,8H2,(H,17,18);1H. The lowest BCUT2D eigenvalue weighted by molar-refractivity contribution is -0.122. The first-order valence-electron chi connectivity index (χ1n) is 6.23. The summed E-state index contributed by atoms with van der Waals surface area (Å²) in [6, 6.07) is 5.56. The number of nitrogens with one attached hydrogen (secondary N) is 2. The third kappa shape index (κ3) is 5.48. The molecule has 1 aliphatic heterocycles. The van der Waals surface area contributed by atoms with Gasteiger partial charge in [0.15, 0.2) is 0 Å². The van der Waals surface area contributed by atoms with E-state index in [9.17, 15) is 4.79 Å². The molecular formula is C13H17BrCl2N2O2. The van der Waals surface area contributed by atoms with E-state index in [1.807, 2.05) is 0 Å². The van der Waals surface area contributed by atoms with Gasteiger partial charge in [0, 0.05) is 17.6 Å². The van der Waals surface area contributed by atoms with E-state index in [4.69, 9.17) is 16.3 Å². The van der Waals surface area contributed by atoms with Crippen LogP contribution in [0.2, 0.25) is 5.02 Å². The van der Waals surface area contributed by atoms with Gasteiger partial charge in [0.2, 0.25) is 5.91 Å². The third-order valence-electron chi connectivity index (χ3n) is 2.91. The number of benzene rings is 1. The van der Waals surface area contributed by atoms with E-state index in [1.165, 1.54) is 0 Å². The van der Waals surface area contributed by atoms with E-state index in [-0.39, 0.29) is 24.4 Å². The van der Waals surface area contributed by atoms with Crippen molar-refractivity contribution in [3.8, 4) is 5.75 Å². The van der Waals surface area contributed by atoms with Gasteiger partial charge in [-0.15, -0.1) is 12.4 Å². The van der Waals surface area contributed by atoms with Crippen molar-refractivity contribution in [2.24, 2.45) is 0 Å². The van der Waals surface area contributed by atoms with Crippen LogP contribution in [-0.4, -0.2) is 31.6 Å². The molecule has 0 aromatic heterocycles. The molecule has 0 saturated carbocycles. The van der Waals surface area contributed by atoms with Crippen LogP contribution in [0.4, 0.5) is 0 Å². The molecule has 1 aliphatic rings. The lowest BCUT2D eigenvalue weighted by Gasteiger charge is -2.12. The van der Waals surface area contributed by atoms with Gasteiger partial charge in [-0.2, -0.15) is 0 Å². The number of ether oxygens (including phenoxy) is 1. The maximum atomic E-state index is 11.7. The Morgan fingerprint density at radius 2 is 2.35 bits per heavy atom. The average molecular weight is 384 g/mol. The van der Waals surface area contributed by atoms with Crippen LogP contribution >= 0.6 is 39.9 Å². The molecule has 2 rings (SSSR count). The van der Waals surface area contributed by atoms with Crippen LogP contribution in [0.25, 0.3) is 0 Å². The topological polar surface area (TPSA) is 50.4 Å². The Labute approximate surface area is 138 Å². The summed E-state index contributed by atoms with van der Waals surface area (Å²) in [4.78, 5) is 11.7. The van der Waals surface area contributed by atoms with Crippen LogP contribution in [-0.2, 0) is 4.79 Å². The van der Waals surface area contributed by atoms with Crippen LogP contribution in [0.3, 0.4) is 0 Å². The maximum Gasteiger partial charge on any atom is 0.223 e. The molecule has 1 atom stereocenters. The molecule has 112 valence electrons. The van der Waals surface area contributed by atoms with Crippen molar-refractivity contribution >= 4 is 45.8 Å².